The molecule has 0 saturated heterocycles. The third kappa shape index (κ3) is 5.13. The highest BCUT2D eigenvalue weighted by Crippen LogP contribution is 2.34. The van der Waals surface area contributed by atoms with Gasteiger partial charge in [0.05, 0.1) is 18.8 Å². The van der Waals surface area contributed by atoms with Crippen LogP contribution in [-0.4, -0.2) is 47.2 Å². The van der Waals surface area contributed by atoms with Crippen molar-refractivity contribution >= 4 is 18.4 Å². The monoisotopic (exact) mass is 358 g/mol. The number of carbonyl (C=O) groups excluding carboxylic acids is 2. The molecule has 4 N–H and O–H groups in total. The van der Waals surface area contributed by atoms with Gasteiger partial charge in [-0.25, -0.2) is 0 Å². The highest BCUT2D eigenvalue weighted by atomic mass is 16.1. The first-order valence-electron chi connectivity index (χ1n) is 8.63. The van der Waals surface area contributed by atoms with Crippen LogP contribution in [-0.2, 0) is 29.0 Å². The van der Waals surface area contributed by atoms with Gasteiger partial charge in [-0.3, -0.25) is 4.79 Å². The molecule has 0 fully saturated rings. The van der Waals surface area contributed by atoms with Gasteiger partial charge in [-0.15, -0.1) is 0 Å². The van der Waals surface area contributed by atoms with Crippen molar-refractivity contribution in [3.05, 3.63) is 41.2 Å². The minimum Gasteiger partial charge on any atom is -0.371 e. The first kappa shape index (κ1) is 19.6. The lowest BCUT2D eigenvalue weighted by Crippen LogP contribution is -2.25. The molecule has 2 heterocycles. The van der Waals surface area contributed by atoms with Crippen LogP contribution >= 0.6 is 0 Å². The van der Waals surface area contributed by atoms with Crippen LogP contribution in [0.4, 0.5) is 5.69 Å². The van der Waals surface area contributed by atoms with Gasteiger partial charge in [-0.1, -0.05) is 18.2 Å². The molecule has 1 amide bonds. The number of para-hydroxylation sites is 1. The Labute approximate surface area is 153 Å². The van der Waals surface area contributed by atoms with Crippen LogP contribution in [0.15, 0.2) is 24.4 Å². The summed E-state index contributed by atoms with van der Waals surface area (Å²) in [5.74, 6) is 0. The standard InChI is InChI=1S/C14H20N2O.C4H6N4O/c1-10-8-12-5-3-4-11(14(12)16(10)2)6-7-13(15)9-17;9-3-5-1-4-2-6-8-7-4/h3-5,9-10,13H,6-8,15H2,1-2H3;2-3H,1H2,(H,5,9)(H,6,7,8). The number of aromatic amines is 1. The zero-order chi connectivity index (χ0) is 18.9. The van der Waals surface area contributed by atoms with Gasteiger partial charge in [-0.05, 0) is 37.3 Å². The number of fused-ring (bicyclic) bond motifs is 1. The van der Waals surface area contributed by atoms with Crippen molar-refractivity contribution in [2.75, 3.05) is 11.9 Å². The number of likely N-dealkylation sites (N-methyl/N-ethyl adjacent to an activating group) is 1. The summed E-state index contributed by atoms with van der Waals surface area (Å²) in [6, 6.07) is 6.66. The average Bonchev–Trinajstić information content (AvgIpc) is 3.27. The number of rotatable bonds is 7. The quantitative estimate of drug-likeness (QED) is 0.623. The molecule has 0 spiro atoms. The second-order valence-corrected chi connectivity index (χ2v) is 6.39. The Morgan fingerprint density at radius 3 is 2.92 bits per heavy atom. The Balaban J connectivity index is 0.000000228. The van der Waals surface area contributed by atoms with Crippen LogP contribution in [0.2, 0.25) is 0 Å². The molecular formula is C18H26N6O2. The molecule has 26 heavy (non-hydrogen) atoms. The van der Waals surface area contributed by atoms with E-state index in [-0.39, 0.29) is 6.04 Å². The molecule has 2 atom stereocenters. The first-order valence-corrected chi connectivity index (χ1v) is 8.63. The molecule has 1 aliphatic heterocycles. The molecule has 140 valence electrons. The number of carbonyl (C=O) groups is 2. The van der Waals surface area contributed by atoms with Crippen LogP contribution < -0.4 is 16.0 Å². The topological polar surface area (TPSA) is 117 Å². The van der Waals surface area contributed by atoms with Gasteiger partial charge in [0.25, 0.3) is 0 Å². The van der Waals surface area contributed by atoms with E-state index in [4.69, 9.17) is 5.73 Å². The van der Waals surface area contributed by atoms with E-state index in [2.05, 4.69) is 57.8 Å². The zero-order valence-corrected chi connectivity index (χ0v) is 15.2. The Hall–Kier alpha value is -2.74. The summed E-state index contributed by atoms with van der Waals surface area (Å²) in [4.78, 5) is 22.6. The minimum atomic E-state index is -0.338. The van der Waals surface area contributed by atoms with Crippen LogP contribution in [0.25, 0.3) is 0 Å². The number of benzene rings is 1. The number of nitrogens with two attached hydrogens (primary N) is 1. The van der Waals surface area contributed by atoms with Crippen molar-refractivity contribution in [3.63, 3.8) is 0 Å². The number of amides is 1. The summed E-state index contributed by atoms with van der Waals surface area (Å²) in [7, 11) is 2.14. The van der Waals surface area contributed by atoms with Crippen molar-refractivity contribution in [2.45, 2.75) is 44.8 Å². The van der Waals surface area contributed by atoms with Crippen LogP contribution in [0, 0.1) is 0 Å². The predicted molar refractivity (Wildman–Crippen MR) is 99.7 cm³/mol. The van der Waals surface area contributed by atoms with Crippen molar-refractivity contribution in [1.82, 2.24) is 20.7 Å². The molecule has 1 aromatic heterocycles. The second-order valence-electron chi connectivity index (χ2n) is 6.39. The number of aryl methyl sites for hydroxylation is 1. The van der Waals surface area contributed by atoms with E-state index in [0.717, 1.165) is 31.2 Å². The van der Waals surface area contributed by atoms with Gasteiger partial charge in [0, 0.05) is 18.8 Å². The second kappa shape index (κ2) is 9.67. The van der Waals surface area contributed by atoms with E-state index < -0.39 is 0 Å². The molecule has 3 rings (SSSR count). The summed E-state index contributed by atoms with van der Waals surface area (Å²) in [6.45, 7) is 2.67. The molecule has 0 aliphatic carbocycles. The largest absolute Gasteiger partial charge is 0.371 e. The van der Waals surface area contributed by atoms with Crippen molar-refractivity contribution < 1.29 is 9.59 Å². The molecule has 2 unspecified atom stereocenters. The van der Waals surface area contributed by atoms with Crippen LogP contribution in [0.5, 0.6) is 0 Å². The maximum Gasteiger partial charge on any atom is 0.207 e. The number of hydrogen-bond acceptors (Lipinski definition) is 6. The lowest BCUT2D eigenvalue weighted by Gasteiger charge is -2.21. The van der Waals surface area contributed by atoms with Gasteiger partial charge in [-0.2, -0.15) is 15.4 Å². The number of nitrogens with one attached hydrogen (secondary N) is 2. The lowest BCUT2D eigenvalue weighted by molar-refractivity contribution is -0.110. The third-order valence-corrected chi connectivity index (χ3v) is 4.49. The van der Waals surface area contributed by atoms with Crippen molar-refractivity contribution in [3.8, 4) is 0 Å². The fraction of sp³-hybridized carbons (Fsp3) is 0.444. The van der Waals surface area contributed by atoms with E-state index in [1.54, 1.807) is 6.20 Å². The Bertz CT molecular complexity index is 704. The summed E-state index contributed by atoms with van der Waals surface area (Å²) in [6.07, 6.45) is 5.71. The Kier molecular flexibility index (Phi) is 7.28. The lowest BCUT2D eigenvalue weighted by atomic mass is 10.0. The highest BCUT2D eigenvalue weighted by Gasteiger charge is 2.24. The van der Waals surface area contributed by atoms with Crippen LogP contribution in [0.3, 0.4) is 0 Å². The van der Waals surface area contributed by atoms with E-state index in [1.807, 2.05) is 0 Å². The molecule has 0 radical (unpaired) electrons. The van der Waals surface area contributed by atoms with Gasteiger partial charge in [0.2, 0.25) is 6.41 Å². The molecule has 0 bridgehead atoms. The Morgan fingerprint density at radius 2 is 2.27 bits per heavy atom. The van der Waals surface area contributed by atoms with Gasteiger partial charge in [0.15, 0.2) is 0 Å². The van der Waals surface area contributed by atoms with Gasteiger partial charge < -0.3 is 20.7 Å². The predicted octanol–water partition coefficient (Wildman–Crippen LogP) is 0.577. The maximum atomic E-state index is 10.5. The summed E-state index contributed by atoms with van der Waals surface area (Å²) >= 11 is 0. The number of aromatic nitrogens is 3. The molecular weight excluding hydrogens is 332 g/mol. The number of H-pyrrole nitrogens is 1. The average molecular weight is 358 g/mol. The fourth-order valence-corrected chi connectivity index (χ4v) is 2.99. The van der Waals surface area contributed by atoms with Gasteiger partial charge >= 0.3 is 0 Å². The molecule has 0 saturated carbocycles. The number of aldehydes is 1. The third-order valence-electron chi connectivity index (χ3n) is 4.49. The van der Waals surface area contributed by atoms with E-state index >= 15 is 0 Å². The van der Waals surface area contributed by atoms with Crippen molar-refractivity contribution in [1.29, 1.82) is 0 Å². The molecule has 8 nitrogen and oxygen atoms in total. The Morgan fingerprint density at radius 1 is 1.46 bits per heavy atom. The highest BCUT2D eigenvalue weighted by molar-refractivity contribution is 5.64. The number of anilines is 1. The first-order chi connectivity index (χ1) is 12.6. The van der Waals surface area contributed by atoms with Crippen molar-refractivity contribution in [2.24, 2.45) is 5.73 Å². The summed E-state index contributed by atoms with van der Waals surface area (Å²) in [5, 5.41) is 12.1. The van der Waals surface area contributed by atoms with Gasteiger partial charge in [0.1, 0.15) is 12.0 Å². The smallest absolute Gasteiger partial charge is 0.207 e. The molecule has 1 aliphatic rings. The van der Waals surface area contributed by atoms with E-state index in [0.29, 0.717) is 19.0 Å². The molecule has 8 heteroatoms. The zero-order valence-electron chi connectivity index (χ0n) is 15.2. The van der Waals surface area contributed by atoms with E-state index in [9.17, 15) is 9.59 Å². The molecule has 2 aromatic rings. The van der Waals surface area contributed by atoms with Crippen LogP contribution in [0.1, 0.15) is 30.2 Å². The van der Waals surface area contributed by atoms with E-state index in [1.165, 1.54) is 16.8 Å². The minimum absolute atomic E-state index is 0.338. The summed E-state index contributed by atoms with van der Waals surface area (Å²) < 4.78 is 0. The normalized spacial score (nSPS) is 16.3. The maximum absolute atomic E-state index is 10.5. The number of hydrogen-bond donors (Lipinski definition) is 3. The molecule has 1 aromatic carbocycles. The SMILES string of the molecule is CC1Cc2cccc(CCC(N)C=O)c2N1C.O=CNCc1cn[nH]n1. The fourth-order valence-electron chi connectivity index (χ4n) is 2.99. The number of nitrogens with zero attached hydrogens (tertiary/aromatic N) is 3. The summed E-state index contributed by atoms with van der Waals surface area (Å²) in [5.41, 5.74) is 10.4.